The molecule has 0 unspecified atom stereocenters. The molecular formula is C14H20Cl2F3N3O2. The first-order valence-corrected chi connectivity index (χ1v) is 7.02. The van der Waals surface area contributed by atoms with Gasteiger partial charge in [0.05, 0.1) is 17.3 Å². The first-order valence-electron chi connectivity index (χ1n) is 7.02. The van der Waals surface area contributed by atoms with E-state index in [0.29, 0.717) is 5.69 Å². The Bertz CT molecular complexity index is 521. The maximum Gasteiger partial charge on any atom is 0.422 e. The lowest BCUT2D eigenvalue weighted by atomic mass is 9.85. The zero-order valence-corrected chi connectivity index (χ0v) is 14.4. The number of amides is 1. The Balaban J connectivity index is 0.00000264. The molecule has 1 aliphatic carbocycles. The second-order valence-electron chi connectivity index (χ2n) is 5.43. The van der Waals surface area contributed by atoms with E-state index in [1.54, 1.807) is 0 Å². The van der Waals surface area contributed by atoms with Gasteiger partial charge in [0.25, 0.3) is 0 Å². The number of pyridine rings is 1. The van der Waals surface area contributed by atoms with Gasteiger partial charge in [-0.1, -0.05) is 12.8 Å². The van der Waals surface area contributed by atoms with Crippen LogP contribution in [0.15, 0.2) is 18.3 Å². The second kappa shape index (κ2) is 9.29. The molecule has 3 N–H and O–H groups in total. The largest absolute Gasteiger partial charge is 0.468 e. The van der Waals surface area contributed by atoms with Crippen molar-refractivity contribution in [2.24, 2.45) is 11.1 Å². The minimum absolute atomic E-state index is 0. The van der Waals surface area contributed by atoms with Crippen molar-refractivity contribution in [3.63, 3.8) is 0 Å². The summed E-state index contributed by atoms with van der Waals surface area (Å²) in [4.78, 5) is 16.1. The van der Waals surface area contributed by atoms with Crippen LogP contribution in [-0.4, -0.2) is 30.2 Å². The third-order valence-electron chi connectivity index (χ3n) is 3.81. The number of carbonyl (C=O) groups is 1. The number of anilines is 1. The van der Waals surface area contributed by atoms with Crippen molar-refractivity contribution in [2.75, 3.05) is 18.5 Å². The number of ether oxygens (including phenoxy) is 1. The second-order valence-corrected chi connectivity index (χ2v) is 5.43. The minimum atomic E-state index is -4.41. The van der Waals surface area contributed by atoms with Crippen LogP contribution in [-0.2, 0) is 4.79 Å². The zero-order chi connectivity index (χ0) is 16.2. The monoisotopic (exact) mass is 389 g/mol. The van der Waals surface area contributed by atoms with E-state index in [-0.39, 0.29) is 43.1 Å². The molecule has 24 heavy (non-hydrogen) atoms. The summed E-state index contributed by atoms with van der Waals surface area (Å²) in [6.07, 6.45) is 0.276. The Morgan fingerprint density at radius 1 is 1.29 bits per heavy atom. The van der Waals surface area contributed by atoms with Gasteiger partial charge in [-0.15, -0.1) is 24.8 Å². The highest BCUT2D eigenvalue weighted by molar-refractivity contribution is 5.95. The van der Waals surface area contributed by atoms with Gasteiger partial charge in [0.1, 0.15) is 0 Å². The summed E-state index contributed by atoms with van der Waals surface area (Å²) in [7, 11) is 0. The van der Waals surface area contributed by atoms with Crippen molar-refractivity contribution >= 4 is 36.4 Å². The number of aromatic nitrogens is 1. The van der Waals surface area contributed by atoms with Crippen LogP contribution in [0, 0.1) is 5.41 Å². The number of carbonyl (C=O) groups excluding carboxylic acids is 1. The van der Waals surface area contributed by atoms with Crippen molar-refractivity contribution in [3.05, 3.63) is 18.3 Å². The Hall–Kier alpha value is -1.25. The smallest absolute Gasteiger partial charge is 0.422 e. The fourth-order valence-electron chi connectivity index (χ4n) is 2.53. The van der Waals surface area contributed by atoms with Crippen LogP contribution >= 0.6 is 24.8 Å². The summed E-state index contributed by atoms with van der Waals surface area (Å²) in [5.41, 5.74) is 5.58. The quantitative estimate of drug-likeness (QED) is 0.809. The molecule has 0 saturated heterocycles. The SMILES string of the molecule is Cl.Cl.NCC1(C(=O)Nc2ccc(OCC(F)(F)F)nc2)CCCC1. The number of hydrogen-bond acceptors (Lipinski definition) is 4. The third kappa shape index (κ3) is 5.99. The molecule has 0 aromatic carbocycles. The molecule has 1 amide bonds. The molecule has 0 radical (unpaired) electrons. The summed E-state index contributed by atoms with van der Waals surface area (Å²) in [6, 6.07) is 2.74. The molecule has 0 spiro atoms. The van der Waals surface area contributed by atoms with Gasteiger partial charge < -0.3 is 15.8 Å². The van der Waals surface area contributed by atoms with E-state index in [1.807, 2.05) is 0 Å². The number of alkyl halides is 3. The van der Waals surface area contributed by atoms with Gasteiger partial charge in [0, 0.05) is 12.6 Å². The molecule has 10 heteroatoms. The average Bonchev–Trinajstić information content (AvgIpc) is 2.96. The van der Waals surface area contributed by atoms with Crippen LogP contribution in [0.5, 0.6) is 5.88 Å². The van der Waals surface area contributed by atoms with E-state index in [9.17, 15) is 18.0 Å². The highest BCUT2D eigenvalue weighted by Crippen LogP contribution is 2.38. The lowest BCUT2D eigenvalue weighted by Gasteiger charge is -2.25. The van der Waals surface area contributed by atoms with Gasteiger partial charge in [-0.25, -0.2) is 4.98 Å². The van der Waals surface area contributed by atoms with E-state index in [1.165, 1.54) is 18.3 Å². The molecule has 1 fully saturated rings. The van der Waals surface area contributed by atoms with E-state index in [0.717, 1.165) is 25.7 Å². The number of halogens is 5. The summed E-state index contributed by atoms with van der Waals surface area (Å²) >= 11 is 0. The van der Waals surface area contributed by atoms with Gasteiger partial charge >= 0.3 is 6.18 Å². The number of hydrogen-bond donors (Lipinski definition) is 2. The normalized spacial score (nSPS) is 15.8. The van der Waals surface area contributed by atoms with Crippen LogP contribution in [0.3, 0.4) is 0 Å². The Labute approximate surface area is 150 Å². The molecule has 0 aliphatic heterocycles. The zero-order valence-electron chi connectivity index (χ0n) is 12.8. The molecule has 1 heterocycles. The molecule has 1 aromatic heterocycles. The topological polar surface area (TPSA) is 77.2 Å². The summed E-state index contributed by atoms with van der Waals surface area (Å²) < 4.78 is 40.6. The van der Waals surface area contributed by atoms with Crippen molar-refractivity contribution < 1.29 is 22.7 Å². The van der Waals surface area contributed by atoms with Crippen molar-refractivity contribution in [1.29, 1.82) is 0 Å². The predicted molar refractivity (Wildman–Crippen MR) is 88.9 cm³/mol. The molecule has 138 valence electrons. The first-order chi connectivity index (χ1) is 10.3. The van der Waals surface area contributed by atoms with E-state index in [4.69, 9.17) is 5.73 Å². The third-order valence-corrected chi connectivity index (χ3v) is 3.81. The van der Waals surface area contributed by atoms with E-state index in [2.05, 4.69) is 15.0 Å². The fraction of sp³-hybridized carbons (Fsp3) is 0.571. The van der Waals surface area contributed by atoms with Crippen molar-refractivity contribution in [3.8, 4) is 5.88 Å². The van der Waals surface area contributed by atoms with Crippen LogP contribution in [0.2, 0.25) is 0 Å². The van der Waals surface area contributed by atoms with E-state index < -0.39 is 18.2 Å². The average molecular weight is 390 g/mol. The highest BCUT2D eigenvalue weighted by Gasteiger charge is 2.39. The predicted octanol–water partition coefficient (Wildman–Crippen LogP) is 3.32. The fourth-order valence-corrected chi connectivity index (χ4v) is 2.53. The Morgan fingerprint density at radius 2 is 1.92 bits per heavy atom. The maximum absolute atomic E-state index is 12.3. The first kappa shape index (κ1) is 22.8. The van der Waals surface area contributed by atoms with Crippen molar-refractivity contribution in [1.82, 2.24) is 4.98 Å². The molecule has 0 atom stereocenters. The van der Waals surface area contributed by atoms with Gasteiger partial charge in [0.2, 0.25) is 11.8 Å². The van der Waals surface area contributed by atoms with Gasteiger partial charge in [0.15, 0.2) is 6.61 Å². The summed E-state index contributed by atoms with van der Waals surface area (Å²) in [6.45, 7) is -1.12. The Kier molecular flexibility index (Phi) is 8.81. The molecule has 0 bridgehead atoms. The number of nitrogens with zero attached hydrogens (tertiary/aromatic N) is 1. The van der Waals surface area contributed by atoms with Crippen LogP contribution < -0.4 is 15.8 Å². The van der Waals surface area contributed by atoms with Gasteiger partial charge in [-0.05, 0) is 18.9 Å². The maximum atomic E-state index is 12.3. The van der Waals surface area contributed by atoms with Crippen molar-refractivity contribution in [2.45, 2.75) is 31.9 Å². The number of nitrogens with one attached hydrogen (secondary N) is 1. The summed E-state index contributed by atoms with van der Waals surface area (Å²) in [5.74, 6) is -0.317. The van der Waals surface area contributed by atoms with Crippen LogP contribution in [0.25, 0.3) is 0 Å². The minimum Gasteiger partial charge on any atom is -0.468 e. The van der Waals surface area contributed by atoms with Crippen LogP contribution in [0.4, 0.5) is 18.9 Å². The van der Waals surface area contributed by atoms with Gasteiger partial charge in [-0.3, -0.25) is 4.79 Å². The van der Waals surface area contributed by atoms with E-state index >= 15 is 0 Å². The highest BCUT2D eigenvalue weighted by atomic mass is 35.5. The molecule has 1 aromatic rings. The molecule has 5 nitrogen and oxygen atoms in total. The molecule has 1 saturated carbocycles. The lowest BCUT2D eigenvalue weighted by molar-refractivity contribution is -0.154. The lowest BCUT2D eigenvalue weighted by Crippen LogP contribution is -2.40. The van der Waals surface area contributed by atoms with Crippen LogP contribution in [0.1, 0.15) is 25.7 Å². The standard InChI is InChI=1S/C14H18F3N3O2.2ClH/c15-14(16,17)9-22-11-4-3-10(7-19-11)20-12(21)13(8-18)5-1-2-6-13;;/h3-4,7H,1-2,5-6,8-9,18H2,(H,20,21);2*1H. The molecular weight excluding hydrogens is 370 g/mol. The number of rotatable bonds is 5. The summed E-state index contributed by atoms with van der Waals surface area (Å²) in [5, 5.41) is 2.72. The number of nitrogens with two attached hydrogens (primary N) is 1. The molecule has 1 aliphatic rings. The molecule has 2 rings (SSSR count). The Morgan fingerprint density at radius 3 is 2.38 bits per heavy atom. The van der Waals surface area contributed by atoms with Gasteiger partial charge in [-0.2, -0.15) is 13.2 Å².